The average molecular weight is 403 g/mol. The van der Waals surface area contributed by atoms with Gasteiger partial charge in [0.15, 0.2) is 0 Å². The molecule has 28 heavy (non-hydrogen) atoms. The molecule has 0 radical (unpaired) electrons. The number of hydrogen-bond donors (Lipinski definition) is 0. The predicted octanol–water partition coefficient (Wildman–Crippen LogP) is 3.60. The van der Waals surface area contributed by atoms with Crippen LogP contribution in [0.2, 0.25) is 0 Å². The van der Waals surface area contributed by atoms with Crippen molar-refractivity contribution in [1.29, 1.82) is 0 Å². The number of carbonyl (C=O) groups is 1. The van der Waals surface area contributed by atoms with Crippen molar-refractivity contribution >= 4 is 16.0 Å². The summed E-state index contributed by atoms with van der Waals surface area (Å²) in [7, 11) is -3.75. The molecular weight excluding hydrogens is 385 g/mol. The van der Waals surface area contributed by atoms with Crippen LogP contribution in [-0.2, 0) is 23.2 Å². The number of amides is 1. The molecule has 1 aromatic heterocycles. The van der Waals surface area contributed by atoms with Crippen molar-refractivity contribution in [2.45, 2.75) is 13.1 Å². The first kappa shape index (κ1) is 19.6. The smallest absolute Gasteiger partial charge is 0.306 e. The zero-order valence-electron chi connectivity index (χ0n) is 15.0. The van der Waals surface area contributed by atoms with E-state index in [2.05, 4.69) is 0 Å². The van der Waals surface area contributed by atoms with Crippen LogP contribution in [0.5, 0.6) is 5.75 Å². The summed E-state index contributed by atoms with van der Waals surface area (Å²) in [6.45, 7) is 0.0763. The number of nitrogens with zero attached hydrogens (tertiary/aromatic N) is 1. The van der Waals surface area contributed by atoms with Gasteiger partial charge >= 0.3 is 10.1 Å². The SMILES string of the molecule is CS(=O)(=O)Oc1ccccc1CN(Cc1ccco1)C(=O)c1ccccc1F. The summed E-state index contributed by atoms with van der Waals surface area (Å²) in [5.74, 6) is -0.580. The number of para-hydroxylation sites is 1. The van der Waals surface area contributed by atoms with Gasteiger partial charge in [0.2, 0.25) is 0 Å². The van der Waals surface area contributed by atoms with Crippen molar-refractivity contribution in [2.75, 3.05) is 6.26 Å². The molecule has 0 fully saturated rings. The minimum absolute atomic E-state index is 0.000436. The summed E-state index contributed by atoms with van der Waals surface area (Å²) < 4.78 is 47.5. The molecule has 1 amide bonds. The fraction of sp³-hybridized carbons (Fsp3) is 0.150. The summed E-state index contributed by atoms with van der Waals surface area (Å²) in [6.07, 6.45) is 2.41. The molecule has 0 saturated heterocycles. The van der Waals surface area contributed by atoms with Crippen LogP contribution in [0.3, 0.4) is 0 Å². The van der Waals surface area contributed by atoms with Gasteiger partial charge in [-0.1, -0.05) is 30.3 Å². The van der Waals surface area contributed by atoms with E-state index in [9.17, 15) is 17.6 Å². The third kappa shape index (κ3) is 4.98. The molecule has 146 valence electrons. The van der Waals surface area contributed by atoms with Gasteiger partial charge in [0.1, 0.15) is 17.3 Å². The van der Waals surface area contributed by atoms with Crippen LogP contribution in [0.4, 0.5) is 4.39 Å². The third-order valence-electron chi connectivity index (χ3n) is 3.89. The van der Waals surface area contributed by atoms with Gasteiger partial charge in [0.05, 0.1) is 31.2 Å². The van der Waals surface area contributed by atoms with Crippen molar-refractivity contribution < 1.29 is 26.2 Å². The summed E-state index contributed by atoms with van der Waals surface area (Å²) in [5, 5.41) is 0. The lowest BCUT2D eigenvalue weighted by molar-refractivity contribution is 0.0712. The Kier molecular flexibility index (Phi) is 5.79. The van der Waals surface area contributed by atoms with E-state index in [1.165, 1.54) is 35.4 Å². The minimum Gasteiger partial charge on any atom is -0.467 e. The topological polar surface area (TPSA) is 76.8 Å². The molecular formula is C20H18FNO5S. The Morgan fingerprint density at radius 3 is 2.43 bits per heavy atom. The molecule has 2 aromatic carbocycles. The summed E-state index contributed by atoms with van der Waals surface area (Å²) in [4.78, 5) is 14.3. The molecule has 3 rings (SSSR count). The largest absolute Gasteiger partial charge is 0.467 e. The van der Waals surface area contributed by atoms with Gasteiger partial charge < -0.3 is 13.5 Å². The van der Waals surface area contributed by atoms with Crippen LogP contribution >= 0.6 is 0 Å². The van der Waals surface area contributed by atoms with E-state index in [4.69, 9.17) is 8.60 Å². The van der Waals surface area contributed by atoms with E-state index in [0.29, 0.717) is 11.3 Å². The molecule has 0 aliphatic rings. The van der Waals surface area contributed by atoms with Crippen molar-refractivity contribution in [1.82, 2.24) is 4.90 Å². The van der Waals surface area contributed by atoms with Gasteiger partial charge in [-0.2, -0.15) is 8.42 Å². The molecule has 0 aliphatic carbocycles. The molecule has 6 nitrogen and oxygen atoms in total. The van der Waals surface area contributed by atoms with Crippen LogP contribution < -0.4 is 4.18 Å². The van der Waals surface area contributed by atoms with Crippen molar-refractivity contribution in [2.24, 2.45) is 0 Å². The molecule has 8 heteroatoms. The minimum atomic E-state index is -3.75. The van der Waals surface area contributed by atoms with Crippen LogP contribution in [0, 0.1) is 5.82 Å². The maximum atomic E-state index is 14.1. The Morgan fingerprint density at radius 1 is 1.04 bits per heavy atom. The second kappa shape index (κ2) is 8.26. The summed E-state index contributed by atoms with van der Waals surface area (Å²) in [6, 6.07) is 15.5. The van der Waals surface area contributed by atoms with Crippen LogP contribution in [-0.4, -0.2) is 25.5 Å². The summed E-state index contributed by atoms with van der Waals surface area (Å²) >= 11 is 0. The standard InChI is InChI=1S/C20H18FNO5S/c1-28(24,25)27-19-11-5-2-7-15(19)13-22(14-16-8-6-12-26-16)20(23)17-9-3-4-10-18(17)21/h2-12H,13-14H2,1H3. The monoisotopic (exact) mass is 403 g/mol. The Hall–Kier alpha value is -3.13. The Balaban J connectivity index is 1.95. The van der Waals surface area contributed by atoms with Gasteiger partial charge in [-0.15, -0.1) is 0 Å². The van der Waals surface area contributed by atoms with E-state index in [1.807, 2.05) is 0 Å². The Morgan fingerprint density at radius 2 is 1.75 bits per heavy atom. The number of benzene rings is 2. The van der Waals surface area contributed by atoms with Crippen molar-refractivity contribution in [3.63, 3.8) is 0 Å². The fourth-order valence-corrected chi connectivity index (χ4v) is 3.17. The normalized spacial score (nSPS) is 11.2. The van der Waals surface area contributed by atoms with Gasteiger partial charge in [0, 0.05) is 5.56 Å². The highest BCUT2D eigenvalue weighted by Crippen LogP contribution is 2.24. The Bertz CT molecular complexity index is 1060. The highest BCUT2D eigenvalue weighted by Gasteiger charge is 2.22. The average Bonchev–Trinajstić information content (AvgIpc) is 3.14. The second-order valence-corrected chi connectivity index (χ2v) is 7.69. The number of halogens is 1. The zero-order valence-corrected chi connectivity index (χ0v) is 15.9. The molecule has 0 spiro atoms. The lowest BCUT2D eigenvalue weighted by Crippen LogP contribution is -2.31. The maximum Gasteiger partial charge on any atom is 0.306 e. The van der Waals surface area contributed by atoms with Crippen molar-refractivity contribution in [3.8, 4) is 5.75 Å². The number of furan rings is 1. The van der Waals surface area contributed by atoms with Gasteiger partial charge in [-0.05, 0) is 30.3 Å². The van der Waals surface area contributed by atoms with Crippen LogP contribution in [0.1, 0.15) is 21.7 Å². The van der Waals surface area contributed by atoms with E-state index < -0.39 is 21.8 Å². The molecule has 0 unspecified atom stereocenters. The summed E-state index contributed by atoms with van der Waals surface area (Å²) in [5.41, 5.74) is 0.375. The number of rotatable bonds is 7. The lowest BCUT2D eigenvalue weighted by atomic mass is 10.1. The predicted molar refractivity (Wildman–Crippen MR) is 101 cm³/mol. The second-order valence-electron chi connectivity index (χ2n) is 6.12. The number of carbonyl (C=O) groups excluding carboxylic acids is 1. The first-order valence-corrected chi connectivity index (χ1v) is 10.2. The first-order chi connectivity index (χ1) is 13.3. The van der Waals surface area contributed by atoms with E-state index in [-0.39, 0.29) is 24.4 Å². The molecule has 0 aliphatic heterocycles. The first-order valence-electron chi connectivity index (χ1n) is 8.37. The van der Waals surface area contributed by atoms with Crippen LogP contribution in [0.25, 0.3) is 0 Å². The van der Waals surface area contributed by atoms with E-state index >= 15 is 0 Å². The van der Waals surface area contributed by atoms with Gasteiger partial charge in [-0.3, -0.25) is 4.79 Å². The van der Waals surface area contributed by atoms with E-state index in [0.717, 1.165) is 6.26 Å². The molecule has 0 bridgehead atoms. The van der Waals surface area contributed by atoms with Crippen molar-refractivity contribution in [3.05, 3.63) is 89.6 Å². The molecule has 1 heterocycles. The highest BCUT2D eigenvalue weighted by molar-refractivity contribution is 7.86. The Labute approximate surface area is 162 Å². The van der Waals surface area contributed by atoms with Gasteiger partial charge in [0.25, 0.3) is 5.91 Å². The lowest BCUT2D eigenvalue weighted by Gasteiger charge is -2.23. The molecule has 3 aromatic rings. The van der Waals surface area contributed by atoms with E-state index in [1.54, 1.807) is 36.4 Å². The highest BCUT2D eigenvalue weighted by atomic mass is 32.2. The van der Waals surface area contributed by atoms with Crippen LogP contribution in [0.15, 0.2) is 71.3 Å². The molecule has 0 atom stereocenters. The molecule has 0 saturated carbocycles. The van der Waals surface area contributed by atoms with Gasteiger partial charge in [-0.25, -0.2) is 4.39 Å². The maximum absolute atomic E-state index is 14.1. The number of hydrogen-bond acceptors (Lipinski definition) is 5. The fourth-order valence-electron chi connectivity index (χ4n) is 2.68. The quantitative estimate of drug-likeness (QED) is 0.564. The third-order valence-corrected chi connectivity index (χ3v) is 4.38. The molecule has 0 N–H and O–H groups in total. The zero-order chi connectivity index (χ0) is 20.1.